The highest BCUT2D eigenvalue weighted by Crippen LogP contribution is 2.22. The standard InChI is InChI=1S/C8H16N2/c1-3-7-5-6-10(4-2)8(7)9/h4,7-8H,2-3,5-6,9H2,1H3. The van der Waals surface area contributed by atoms with Crippen LogP contribution in [0.3, 0.4) is 0 Å². The van der Waals surface area contributed by atoms with E-state index in [-0.39, 0.29) is 6.17 Å². The summed E-state index contributed by atoms with van der Waals surface area (Å²) in [6.07, 6.45) is 4.48. The predicted octanol–water partition coefficient (Wildman–Crippen LogP) is 1.15. The highest BCUT2D eigenvalue weighted by molar-refractivity contribution is 4.87. The third-order valence-corrected chi connectivity index (χ3v) is 2.38. The van der Waals surface area contributed by atoms with E-state index in [9.17, 15) is 0 Å². The molecule has 2 heteroatoms. The number of hydrogen-bond donors (Lipinski definition) is 1. The second-order valence-electron chi connectivity index (χ2n) is 2.87. The average Bonchev–Trinajstić information content (AvgIpc) is 2.30. The molecule has 1 aliphatic heterocycles. The molecule has 0 aliphatic carbocycles. The number of hydrogen-bond acceptors (Lipinski definition) is 2. The van der Waals surface area contributed by atoms with Gasteiger partial charge in [0, 0.05) is 6.54 Å². The highest BCUT2D eigenvalue weighted by Gasteiger charge is 2.26. The van der Waals surface area contributed by atoms with Crippen LogP contribution in [0.1, 0.15) is 19.8 Å². The molecule has 0 aromatic carbocycles. The van der Waals surface area contributed by atoms with Gasteiger partial charge in [0.15, 0.2) is 0 Å². The van der Waals surface area contributed by atoms with Gasteiger partial charge in [0.1, 0.15) is 0 Å². The fraction of sp³-hybridized carbons (Fsp3) is 0.750. The number of nitrogens with two attached hydrogens (primary N) is 1. The summed E-state index contributed by atoms with van der Waals surface area (Å²) in [5, 5.41) is 0. The van der Waals surface area contributed by atoms with Gasteiger partial charge in [-0.3, -0.25) is 0 Å². The summed E-state index contributed by atoms with van der Waals surface area (Å²) in [6, 6.07) is 0. The summed E-state index contributed by atoms with van der Waals surface area (Å²) in [5.41, 5.74) is 5.90. The first kappa shape index (κ1) is 7.61. The van der Waals surface area contributed by atoms with E-state index in [0.717, 1.165) is 6.54 Å². The maximum absolute atomic E-state index is 5.90. The Labute approximate surface area is 62.7 Å². The zero-order chi connectivity index (χ0) is 7.56. The van der Waals surface area contributed by atoms with Crippen molar-refractivity contribution in [2.45, 2.75) is 25.9 Å². The van der Waals surface area contributed by atoms with Crippen molar-refractivity contribution >= 4 is 0 Å². The highest BCUT2D eigenvalue weighted by atomic mass is 15.2. The molecule has 10 heavy (non-hydrogen) atoms. The topological polar surface area (TPSA) is 29.3 Å². The van der Waals surface area contributed by atoms with Gasteiger partial charge in [-0.1, -0.05) is 13.5 Å². The van der Waals surface area contributed by atoms with E-state index in [2.05, 4.69) is 18.4 Å². The van der Waals surface area contributed by atoms with Crippen molar-refractivity contribution < 1.29 is 0 Å². The maximum Gasteiger partial charge on any atom is 0.0794 e. The van der Waals surface area contributed by atoms with E-state index in [1.165, 1.54) is 12.8 Å². The lowest BCUT2D eigenvalue weighted by atomic mass is 10.0. The molecule has 2 unspecified atom stereocenters. The van der Waals surface area contributed by atoms with E-state index in [4.69, 9.17) is 5.73 Å². The number of rotatable bonds is 2. The average molecular weight is 140 g/mol. The molecular weight excluding hydrogens is 124 g/mol. The van der Waals surface area contributed by atoms with E-state index in [0.29, 0.717) is 5.92 Å². The Hall–Kier alpha value is -0.500. The van der Waals surface area contributed by atoms with Crippen LogP contribution in [-0.4, -0.2) is 17.6 Å². The van der Waals surface area contributed by atoms with E-state index in [1.54, 1.807) is 0 Å². The minimum absolute atomic E-state index is 0.225. The van der Waals surface area contributed by atoms with Crippen LogP contribution >= 0.6 is 0 Å². The molecule has 0 aromatic rings. The first-order chi connectivity index (χ1) is 4.79. The molecule has 0 spiro atoms. The first-order valence-electron chi connectivity index (χ1n) is 3.93. The molecule has 0 bridgehead atoms. The molecule has 2 nitrogen and oxygen atoms in total. The second kappa shape index (κ2) is 3.06. The van der Waals surface area contributed by atoms with Gasteiger partial charge < -0.3 is 10.6 Å². The zero-order valence-corrected chi connectivity index (χ0v) is 6.59. The molecule has 1 aliphatic rings. The Morgan fingerprint density at radius 3 is 2.80 bits per heavy atom. The van der Waals surface area contributed by atoms with Crippen LogP contribution in [-0.2, 0) is 0 Å². The van der Waals surface area contributed by atoms with Crippen molar-refractivity contribution in [2.75, 3.05) is 6.54 Å². The fourth-order valence-electron chi connectivity index (χ4n) is 1.56. The summed E-state index contributed by atoms with van der Waals surface area (Å²) >= 11 is 0. The summed E-state index contributed by atoms with van der Waals surface area (Å²) < 4.78 is 0. The van der Waals surface area contributed by atoms with Gasteiger partial charge in [-0.25, -0.2) is 0 Å². The second-order valence-corrected chi connectivity index (χ2v) is 2.87. The molecule has 1 rings (SSSR count). The Morgan fingerprint density at radius 1 is 1.80 bits per heavy atom. The molecule has 0 saturated carbocycles. The summed E-state index contributed by atoms with van der Waals surface area (Å²) in [5.74, 6) is 0.679. The normalized spacial score (nSPS) is 32.8. The van der Waals surface area contributed by atoms with Gasteiger partial charge in [0.05, 0.1) is 6.17 Å². The van der Waals surface area contributed by atoms with Gasteiger partial charge >= 0.3 is 0 Å². The summed E-state index contributed by atoms with van der Waals surface area (Å²) in [4.78, 5) is 2.12. The van der Waals surface area contributed by atoms with Crippen LogP contribution in [0.5, 0.6) is 0 Å². The molecule has 1 saturated heterocycles. The quantitative estimate of drug-likeness (QED) is 0.623. The molecule has 0 amide bonds. The van der Waals surface area contributed by atoms with E-state index in [1.807, 2.05) is 6.20 Å². The van der Waals surface area contributed by atoms with Crippen molar-refractivity contribution in [3.63, 3.8) is 0 Å². The van der Waals surface area contributed by atoms with Crippen LogP contribution < -0.4 is 5.73 Å². The van der Waals surface area contributed by atoms with Gasteiger partial charge in [-0.05, 0) is 25.0 Å². The van der Waals surface area contributed by atoms with Gasteiger partial charge in [-0.15, -0.1) is 0 Å². The summed E-state index contributed by atoms with van der Waals surface area (Å²) in [7, 11) is 0. The number of likely N-dealkylation sites (tertiary alicyclic amines) is 1. The van der Waals surface area contributed by atoms with E-state index >= 15 is 0 Å². The third kappa shape index (κ3) is 1.16. The summed E-state index contributed by atoms with van der Waals surface area (Å²) in [6.45, 7) is 6.99. The van der Waals surface area contributed by atoms with Gasteiger partial charge in [0.2, 0.25) is 0 Å². The molecule has 2 N–H and O–H groups in total. The van der Waals surface area contributed by atoms with Crippen LogP contribution in [0.15, 0.2) is 12.8 Å². The Morgan fingerprint density at radius 2 is 2.50 bits per heavy atom. The van der Waals surface area contributed by atoms with Crippen molar-refractivity contribution in [3.8, 4) is 0 Å². The first-order valence-corrected chi connectivity index (χ1v) is 3.93. The largest absolute Gasteiger partial charge is 0.363 e. The van der Waals surface area contributed by atoms with Crippen LogP contribution in [0.4, 0.5) is 0 Å². The van der Waals surface area contributed by atoms with Crippen molar-refractivity contribution in [1.29, 1.82) is 0 Å². The van der Waals surface area contributed by atoms with Crippen molar-refractivity contribution in [1.82, 2.24) is 4.90 Å². The smallest absolute Gasteiger partial charge is 0.0794 e. The van der Waals surface area contributed by atoms with Crippen LogP contribution in [0.25, 0.3) is 0 Å². The van der Waals surface area contributed by atoms with Crippen molar-refractivity contribution in [3.05, 3.63) is 12.8 Å². The molecule has 1 fully saturated rings. The molecule has 2 atom stereocenters. The number of nitrogens with zero attached hydrogens (tertiary/aromatic N) is 1. The Kier molecular flexibility index (Phi) is 2.33. The van der Waals surface area contributed by atoms with E-state index < -0.39 is 0 Å². The predicted molar refractivity (Wildman–Crippen MR) is 43.3 cm³/mol. The molecule has 1 heterocycles. The van der Waals surface area contributed by atoms with Crippen molar-refractivity contribution in [2.24, 2.45) is 11.7 Å². The van der Waals surface area contributed by atoms with Crippen LogP contribution in [0, 0.1) is 5.92 Å². The molecule has 58 valence electrons. The Balaban J connectivity index is 2.48. The Bertz CT molecular complexity index is 122. The zero-order valence-electron chi connectivity index (χ0n) is 6.59. The lowest BCUT2D eigenvalue weighted by molar-refractivity contribution is 0.306. The minimum atomic E-state index is 0.225. The lowest BCUT2D eigenvalue weighted by Gasteiger charge is -2.21. The van der Waals surface area contributed by atoms with Gasteiger partial charge in [0.25, 0.3) is 0 Å². The molecular formula is C8H16N2. The lowest BCUT2D eigenvalue weighted by Crippen LogP contribution is -2.36. The fourth-order valence-corrected chi connectivity index (χ4v) is 1.56. The third-order valence-electron chi connectivity index (χ3n) is 2.38. The molecule has 0 aromatic heterocycles. The molecule has 0 radical (unpaired) electrons. The monoisotopic (exact) mass is 140 g/mol. The van der Waals surface area contributed by atoms with Gasteiger partial charge in [-0.2, -0.15) is 0 Å². The minimum Gasteiger partial charge on any atom is -0.363 e. The maximum atomic E-state index is 5.90. The SMILES string of the molecule is C=CN1CCC(CC)C1N. The van der Waals surface area contributed by atoms with Crippen LogP contribution in [0.2, 0.25) is 0 Å².